The molecule has 2 aromatic heterocycles. The lowest BCUT2D eigenvalue weighted by atomic mass is 10.1. The fraction of sp³-hybridized carbons (Fsp3) is 0.250. The standard InChI is InChI=1S/C20H18F2N4O3/c21-15-4-2-13(10-16(15)22)18-19(14-3-5-17(27)23-11-14)26(12-24-18)8-7-25-6-1-9-29-20(25)28/h2-5,10-12H,1,6-9H2,(H,23,27). The van der Waals surface area contributed by atoms with Gasteiger partial charge in [-0.1, -0.05) is 0 Å². The van der Waals surface area contributed by atoms with Crippen LogP contribution in [0.1, 0.15) is 6.42 Å². The van der Waals surface area contributed by atoms with E-state index in [0.29, 0.717) is 48.8 Å². The van der Waals surface area contributed by atoms with E-state index in [1.165, 1.54) is 18.3 Å². The zero-order valence-electron chi connectivity index (χ0n) is 15.4. The number of hydrogen-bond acceptors (Lipinski definition) is 4. The minimum Gasteiger partial charge on any atom is -0.449 e. The average Bonchev–Trinajstić information content (AvgIpc) is 3.14. The van der Waals surface area contributed by atoms with Crippen molar-refractivity contribution in [3.05, 3.63) is 64.8 Å². The highest BCUT2D eigenvalue weighted by Crippen LogP contribution is 2.31. The number of aromatic amines is 1. The number of aromatic nitrogens is 3. The van der Waals surface area contributed by atoms with Gasteiger partial charge in [-0.2, -0.15) is 0 Å². The van der Waals surface area contributed by atoms with Crippen molar-refractivity contribution >= 4 is 6.09 Å². The third-order valence-electron chi connectivity index (χ3n) is 4.76. The van der Waals surface area contributed by atoms with Gasteiger partial charge < -0.3 is 19.2 Å². The molecule has 1 amide bonds. The molecular weight excluding hydrogens is 382 g/mol. The van der Waals surface area contributed by atoms with Crippen molar-refractivity contribution in [1.29, 1.82) is 0 Å². The number of hydrogen-bond donors (Lipinski definition) is 1. The molecule has 9 heteroatoms. The van der Waals surface area contributed by atoms with Crippen LogP contribution in [0.25, 0.3) is 22.5 Å². The maximum atomic E-state index is 13.8. The average molecular weight is 400 g/mol. The molecule has 0 atom stereocenters. The monoisotopic (exact) mass is 400 g/mol. The maximum Gasteiger partial charge on any atom is 0.409 e. The van der Waals surface area contributed by atoms with Gasteiger partial charge >= 0.3 is 6.09 Å². The number of benzene rings is 1. The first-order chi connectivity index (χ1) is 14.0. The lowest BCUT2D eigenvalue weighted by molar-refractivity contribution is 0.0716. The summed E-state index contributed by atoms with van der Waals surface area (Å²) in [7, 11) is 0. The summed E-state index contributed by atoms with van der Waals surface area (Å²) >= 11 is 0. The van der Waals surface area contributed by atoms with Crippen LogP contribution in [0.15, 0.2) is 47.7 Å². The van der Waals surface area contributed by atoms with Crippen molar-refractivity contribution in [2.24, 2.45) is 0 Å². The van der Waals surface area contributed by atoms with E-state index in [1.807, 2.05) is 4.57 Å². The van der Waals surface area contributed by atoms with Crippen molar-refractivity contribution < 1.29 is 18.3 Å². The minimum atomic E-state index is -0.972. The zero-order chi connectivity index (χ0) is 20.4. The Kier molecular flexibility index (Phi) is 5.11. The van der Waals surface area contributed by atoms with Gasteiger partial charge in [-0.25, -0.2) is 18.6 Å². The Hall–Kier alpha value is -3.49. The van der Waals surface area contributed by atoms with E-state index in [0.717, 1.165) is 18.6 Å². The molecule has 1 N–H and O–H groups in total. The number of carbonyl (C=O) groups is 1. The van der Waals surface area contributed by atoms with Crippen molar-refractivity contribution in [1.82, 2.24) is 19.4 Å². The Morgan fingerprint density at radius 2 is 1.90 bits per heavy atom. The summed E-state index contributed by atoms with van der Waals surface area (Å²) in [6, 6.07) is 6.58. The zero-order valence-corrected chi connectivity index (χ0v) is 15.4. The number of amides is 1. The summed E-state index contributed by atoms with van der Waals surface area (Å²) in [5, 5.41) is 0. The third-order valence-corrected chi connectivity index (χ3v) is 4.76. The molecular formula is C20H18F2N4O3. The van der Waals surface area contributed by atoms with Gasteiger partial charge in [-0.05, 0) is 30.7 Å². The first kappa shape index (κ1) is 18.9. The lowest BCUT2D eigenvalue weighted by Gasteiger charge is -2.26. The van der Waals surface area contributed by atoms with E-state index in [9.17, 15) is 18.4 Å². The van der Waals surface area contributed by atoms with Crippen LogP contribution >= 0.6 is 0 Å². The van der Waals surface area contributed by atoms with Gasteiger partial charge in [0.2, 0.25) is 5.56 Å². The van der Waals surface area contributed by atoms with Crippen LogP contribution in [0.3, 0.4) is 0 Å². The van der Waals surface area contributed by atoms with Gasteiger partial charge in [0.15, 0.2) is 11.6 Å². The van der Waals surface area contributed by atoms with Gasteiger partial charge in [0.25, 0.3) is 0 Å². The fourth-order valence-corrected chi connectivity index (χ4v) is 3.30. The molecule has 0 bridgehead atoms. The van der Waals surface area contributed by atoms with E-state index < -0.39 is 11.6 Å². The molecule has 3 heterocycles. The van der Waals surface area contributed by atoms with Crippen molar-refractivity contribution in [2.75, 3.05) is 19.7 Å². The highest BCUT2D eigenvalue weighted by atomic mass is 19.2. The summed E-state index contributed by atoms with van der Waals surface area (Å²) < 4.78 is 34.0. The van der Waals surface area contributed by atoms with Crippen molar-refractivity contribution in [2.45, 2.75) is 13.0 Å². The summed E-state index contributed by atoms with van der Waals surface area (Å²) in [5.74, 6) is -1.91. The van der Waals surface area contributed by atoms with Crippen LogP contribution in [0, 0.1) is 11.6 Å². The number of imidazole rings is 1. The topological polar surface area (TPSA) is 80.2 Å². The molecule has 1 fully saturated rings. The number of nitrogens with zero attached hydrogens (tertiary/aromatic N) is 3. The molecule has 1 aromatic carbocycles. The fourth-order valence-electron chi connectivity index (χ4n) is 3.30. The number of rotatable bonds is 5. The predicted octanol–water partition coefficient (Wildman–Crippen LogP) is 3.03. The van der Waals surface area contributed by atoms with Crippen LogP contribution < -0.4 is 5.56 Å². The Morgan fingerprint density at radius 1 is 1.07 bits per heavy atom. The van der Waals surface area contributed by atoms with Gasteiger partial charge in [-0.15, -0.1) is 0 Å². The van der Waals surface area contributed by atoms with Crippen LogP contribution in [-0.4, -0.2) is 45.2 Å². The van der Waals surface area contributed by atoms with E-state index in [2.05, 4.69) is 9.97 Å². The van der Waals surface area contributed by atoms with Gasteiger partial charge in [0.1, 0.15) is 0 Å². The maximum absolute atomic E-state index is 13.8. The third kappa shape index (κ3) is 3.89. The molecule has 0 saturated carbocycles. The van der Waals surface area contributed by atoms with Crippen molar-refractivity contribution in [3.8, 4) is 22.5 Å². The highest BCUT2D eigenvalue weighted by molar-refractivity contribution is 5.78. The molecule has 0 aliphatic carbocycles. The second-order valence-electron chi connectivity index (χ2n) is 6.66. The number of nitrogens with one attached hydrogen (secondary N) is 1. The summed E-state index contributed by atoms with van der Waals surface area (Å²) in [5.41, 5.74) is 1.87. The Balaban J connectivity index is 1.72. The van der Waals surface area contributed by atoms with E-state index >= 15 is 0 Å². The first-order valence-electron chi connectivity index (χ1n) is 9.14. The number of cyclic esters (lactones) is 1. The number of pyridine rings is 1. The number of carbonyl (C=O) groups excluding carboxylic acids is 1. The Labute approximate surface area is 164 Å². The molecule has 1 aliphatic heterocycles. The largest absolute Gasteiger partial charge is 0.449 e. The molecule has 3 aromatic rings. The summed E-state index contributed by atoms with van der Waals surface area (Å²) in [6.45, 7) is 1.85. The molecule has 7 nitrogen and oxygen atoms in total. The minimum absolute atomic E-state index is 0.259. The number of halogens is 2. The smallest absolute Gasteiger partial charge is 0.409 e. The molecule has 1 saturated heterocycles. The van der Waals surface area contributed by atoms with Gasteiger partial charge in [-0.3, -0.25) is 4.79 Å². The van der Waals surface area contributed by atoms with Crippen molar-refractivity contribution in [3.63, 3.8) is 0 Å². The van der Waals surface area contributed by atoms with Crippen LogP contribution in [-0.2, 0) is 11.3 Å². The molecule has 0 spiro atoms. The second kappa shape index (κ2) is 7.86. The van der Waals surface area contributed by atoms with E-state index in [1.54, 1.807) is 17.3 Å². The molecule has 4 rings (SSSR count). The molecule has 0 unspecified atom stereocenters. The van der Waals surface area contributed by atoms with E-state index in [4.69, 9.17) is 4.74 Å². The molecule has 150 valence electrons. The normalized spacial score (nSPS) is 14.1. The van der Waals surface area contributed by atoms with Gasteiger partial charge in [0, 0.05) is 43.0 Å². The lowest BCUT2D eigenvalue weighted by Crippen LogP contribution is -2.39. The van der Waals surface area contributed by atoms with Crippen LogP contribution in [0.2, 0.25) is 0 Å². The van der Waals surface area contributed by atoms with Crippen LogP contribution in [0.5, 0.6) is 0 Å². The van der Waals surface area contributed by atoms with Crippen LogP contribution in [0.4, 0.5) is 13.6 Å². The Morgan fingerprint density at radius 3 is 2.62 bits per heavy atom. The number of ether oxygens (including phenoxy) is 1. The summed E-state index contributed by atoms with van der Waals surface area (Å²) in [4.78, 5) is 31.9. The molecule has 29 heavy (non-hydrogen) atoms. The quantitative estimate of drug-likeness (QED) is 0.714. The second-order valence-corrected chi connectivity index (χ2v) is 6.66. The molecule has 0 radical (unpaired) electrons. The molecule has 1 aliphatic rings. The summed E-state index contributed by atoms with van der Waals surface area (Å²) in [6.07, 6.45) is 3.52. The van der Waals surface area contributed by atoms with E-state index in [-0.39, 0.29) is 11.7 Å². The predicted molar refractivity (Wildman–Crippen MR) is 101 cm³/mol. The number of H-pyrrole nitrogens is 1. The Bertz CT molecular complexity index is 1090. The SMILES string of the molecule is O=C1OCCCN1CCn1cnc(-c2ccc(F)c(F)c2)c1-c1ccc(=O)[nH]c1. The highest BCUT2D eigenvalue weighted by Gasteiger charge is 2.21. The first-order valence-corrected chi connectivity index (χ1v) is 9.14. The van der Waals surface area contributed by atoms with Gasteiger partial charge in [0.05, 0.1) is 24.3 Å².